The molecule has 0 aromatic carbocycles. The first-order valence-corrected chi connectivity index (χ1v) is 6.81. The molecule has 0 spiro atoms. The quantitative estimate of drug-likeness (QED) is 0.790. The lowest BCUT2D eigenvalue weighted by molar-refractivity contribution is -0.140. The molecule has 0 bridgehead atoms. The molecule has 1 atom stereocenters. The van der Waals surface area contributed by atoms with Gasteiger partial charge in [-0.3, -0.25) is 9.59 Å². The van der Waals surface area contributed by atoms with E-state index in [4.69, 9.17) is 9.84 Å². The number of aliphatic carboxylic acids is 1. The zero-order valence-electron chi connectivity index (χ0n) is 11.2. The van der Waals surface area contributed by atoms with Crippen LogP contribution >= 0.6 is 11.3 Å². The molecule has 0 saturated heterocycles. The maximum atomic E-state index is 11.9. The van der Waals surface area contributed by atoms with E-state index in [1.54, 1.807) is 13.8 Å². The van der Waals surface area contributed by atoms with Crippen LogP contribution in [0.3, 0.4) is 0 Å². The second kappa shape index (κ2) is 7.20. The van der Waals surface area contributed by atoms with Crippen LogP contribution in [-0.2, 0) is 9.53 Å². The highest BCUT2D eigenvalue weighted by Gasteiger charge is 2.17. The monoisotopic (exact) mass is 286 g/mol. The van der Waals surface area contributed by atoms with Gasteiger partial charge in [-0.15, -0.1) is 11.3 Å². The van der Waals surface area contributed by atoms with E-state index in [-0.39, 0.29) is 18.9 Å². The molecule has 2 N–H and O–H groups in total. The molecule has 0 saturated carbocycles. The van der Waals surface area contributed by atoms with E-state index >= 15 is 0 Å². The van der Waals surface area contributed by atoms with Crippen LogP contribution in [0.4, 0.5) is 0 Å². The Kier molecular flexibility index (Phi) is 5.91. The van der Waals surface area contributed by atoms with E-state index in [0.717, 1.165) is 5.01 Å². The second-order valence-corrected chi connectivity index (χ2v) is 5.24. The molecule has 1 unspecified atom stereocenters. The first-order valence-electron chi connectivity index (χ1n) is 5.99. The number of carboxylic acids is 1. The van der Waals surface area contributed by atoms with Gasteiger partial charge in [-0.25, -0.2) is 4.98 Å². The van der Waals surface area contributed by atoms with E-state index in [1.165, 1.54) is 11.3 Å². The number of thiazole rings is 1. The fraction of sp³-hybridized carbons (Fsp3) is 0.583. The number of carbonyl (C=O) groups is 2. The van der Waals surface area contributed by atoms with Gasteiger partial charge in [0.05, 0.1) is 23.2 Å². The van der Waals surface area contributed by atoms with E-state index in [9.17, 15) is 9.59 Å². The lowest BCUT2D eigenvalue weighted by Gasteiger charge is -2.15. The molecular formula is C12H18N2O4S. The molecule has 1 aromatic rings. The molecule has 19 heavy (non-hydrogen) atoms. The van der Waals surface area contributed by atoms with Crippen LogP contribution < -0.4 is 5.32 Å². The van der Waals surface area contributed by atoms with E-state index in [1.807, 2.05) is 6.92 Å². The molecule has 0 aliphatic rings. The van der Waals surface area contributed by atoms with Crippen LogP contribution in [0.5, 0.6) is 0 Å². The summed E-state index contributed by atoms with van der Waals surface area (Å²) in [5.74, 6) is -1.18. The Labute approximate surface area is 115 Å². The fourth-order valence-corrected chi connectivity index (χ4v) is 2.49. The van der Waals surface area contributed by atoms with Crippen molar-refractivity contribution in [3.63, 3.8) is 0 Å². The van der Waals surface area contributed by atoms with Gasteiger partial charge in [0.1, 0.15) is 4.88 Å². The van der Waals surface area contributed by atoms with Crippen molar-refractivity contribution < 1.29 is 19.4 Å². The van der Waals surface area contributed by atoms with Gasteiger partial charge in [-0.05, 0) is 20.8 Å². The first kappa shape index (κ1) is 15.6. The van der Waals surface area contributed by atoms with E-state index < -0.39 is 12.1 Å². The predicted molar refractivity (Wildman–Crippen MR) is 71.6 cm³/mol. The number of hydrogen-bond donors (Lipinski definition) is 2. The maximum absolute atomic E-state index is 11.9. The molecule has 0 fully saturated rings. The standard InChI is InChI=1S/C12H18N2O4S/c1-4-18-9(5-10(15)16)6-13-12(17)11-7(2)14-8(3)19-11/h9H,4-6H2,1-3H3,(H,13,17)(H,15,16). The smallest absolute Gasteiger partial charge is 0.306 e. The highest BCUT2D eigenvalue weighted by Crippen LogP contribution is 2.16. The number of amides is 1. The summed E-state index contributed by atoms with van der Waals surface area (Å²) in [6.45, 7) is 5.98. The molecule has 0 radical (unpaired) electrons. The van der Waals surface area contributed by atoms with Gasteiger partial charge in [0.15, 0.2) is 0 Å². The van der Waals surface area contributed by atoms with E-state index in [2.05, 4.69) is 10.3 Å². The third-order valence-corrected chi connectivity index (χ3v) is 3.48. The van der Waals surface area contributed by atoms with Crippen molar-refractivity contribution >= 4 is 23.2 Å². The summed E-state index contributed by atoms with van der Waals surface area (Å²) in [6, 6.07) is 0. The number of rotatable bonds is 7. The summed E-state index contributed by atoms with van der Waals surface area (Å²) in [4.78, 5) is 27.3. The molecule has 1 amide bonds. The van der Waals surface area contributed by atoms with Gasteiger partial charge >= 0.3 is 5.97 Å². The Hall–Kier alpha value is -1.47. The number of aromatic nitrogens is 1. The normalized spacial score (nSPS) is 12.2. The molecular weight excluding hydrogens is 268 g/mol. The van der Waals surface area contributed by atoms with Crippen LogP contribution in [0.25, 0.3) is 0 Å². The fourth-order valence-electron chi connectivity index (χ4n) is 1.65. The number of ether oxygens (including phenoxy) is 1. The maximum Gasteiger partial charge on any atom is 0.306 e. The summed E-state index contributed by atoms with van der Waals surface area (Å²) < 4.78 is 5.27. The molecule has 1 rings (SSSR count). The van der Waals surface area contributed by atoms with Gasteiger partial charge in [0, 0.05) is 13.2 Å². The number of carboxylic acid groups (broad SMARTS) is 1. The highest BCUT2D eigenvalue weighted by atomic mass is 32.1. The highest BCUT2D eigenvalue weighted by molar-refractivity contribution is 7.13. The topological polar surface area (TPSA) is 88.5 Å². The van der Waals surface area contributed by atoms with Gasteiger partial charge in [-0.2, -0.15) is 0 Å². The Morgan fingerprint density at radius 2 is 2.16 bits per heavy atom. The SMILES string of the molecule is CCOC(CNC(=O)c1sc(C)nc1C)CC(=O)O. The second-order valence-electron chi connectivity index (χ2n) is 4.03. The van der Waals surface area contributed by atoms with Crippen molar-refractivity contribution in [2.45, 2.75) is 33.3 Å². The Bertz CT molecular complexity index is 459. The molecule has 0 aliphatic heterocycles. The molecule has 6 nitrogen and oxygen atoms in total. The van der Waals surface area contributed by atoms with E-state index in [0.29, 0.717) is 17.2 Å². The Balaban J connectivity index is 2.56. The van der Waals surface area contributed by atoms with Crippen LogP contribution in [-0.4, -0.2) is 41.2 Å². The minimum Gasteiger partial charge on any atom is -0.481 e. The van der Waals surface area contributed by atoms with Crippen molar-refractivity contribution in [2.24, 2.45) is 0 Å². The lowest BCUT2D eigenvalue weighted by Crippen LogP contribution is -2.35. The zero-order chi connectivity index (χ0) is 14.4. The van der Waals surface area contributed by atoms with Crippen LogP contribution in [0.2, 0.25) is 0 Å². The predicted octanol–water partition coefficient (Wildman–Crippen LogP) is 1.37. The molecule has 106 valence electrons. The number of nitrogens with zero attached hydrogens (tertiary/aromatic N) is 1. The third kappa shape index (κ3) is 4.96. The van der Waals surface area contributed by atoms with Gasteiger partial charge in [0.2, 0.25) is 0 Å². The molecule has 1 aromatic heterocycles. The third-order valence-electron chi connectivity index (χ3n) is 2.40. The Morgan fingerprint density at radius 1 is 1.47 bits per heavy atom. The summed E-state index contributed by atoms with van der Waals surface area (Å²) >= 11 is 1.32. The van der Waals surface area contributed by atoms with Crippen molar-refractivity contribution in [2.75, 3.05) is 13.2 Å². The summed E-state index contributed by atoms with van der Waals surface area (Å²) in [5, 5.41) is 12.3. The van der Waals surface area contributed by atoms with Crippen molar-refractivity contribution in [1.82, 2.24) is 10.3 Å². The average molecular weight is 286 g/mol. The molecule has 0 aliphatic carbocycles. The zero-order valence-corrected chi connectivity index (χ0v) is 12.0. The number of aryl methyl sites for hydroxylation is 2. The summed E-state index contributed by atoms with van der Waals surface area (Å²) in [6.07, 6.45) is -0.643. The van der Waals surface area contributed by atoms with Crippen molar-refractivity contribution in [1.29, 1.82) is 0 Å². The molecule has 7 heteroatoms. The minimum absolute atomic E-state index is 0.130. The summed E-state index contributed by atoms with van der Waals surface area (Å²) in [5.41, 5.74) is 0.686. The number of hydrogen-bond acceptors (Lipinski definition) is 5. The van der Waals surface area contributed by atoms with Crippen molar-refractivity contribution in [3.8, 4) is 0 Å². The molecule has 1 heterocycles. The van der Waals surface area contributed by atoms with Crippen molar-refractivity contribution in [3.05, 3.63) is 15.6 Å². The van der Waals surface area contributed by atoms with Crippen LogP contribution in [0.1, 0.15) is 33.7 Å². The Morgan fingerprint density at radius 3 is 2.63 bits per heavy atom. The largest absolute Gasteiger partial charge is 0.481 e. The van der Waals surface area contributed by atoms with Crippen LogP contribution in [0.15, 0.2) is 0 Å². The first-order chi connectivity index (χ1) is 8.93. The van der Waals surface area contributed by atoms with Gasteiger partial charge in [0.25, 0.3) is 5.91 Å². The summed E-state index contributed by atoms with van der Waals surface area (Å²) in [7, 11) is 0. The van der Waals surface area contributed by atoms with Gasteiger partial charge < -0.3 is 15.2 Å². The lowest BCUT2D eigenvalue weighted by atomic mass is 10.2. The average Bonchev–Trinajstić information content (AvgIpc) is 2.64. The van der Waals surface area contributed by atoms with Gasteiger partial charge in [-0.1, -0.05) is 0 Å². The van der Waals surface area contributed by atoms with Crippen LogP contribution in [0, 0.1) is 13.8 Å². The number of carbonyl (C=O) groups excluding carboxylic acids is 1. The number of nitrogens with one attached hydrogen (secondary N) is 1. The minimum atomic E-state index is -0.947.